The van der Waals surface area contributed by atoms with Gasteiger partial charge in [0.25, 0.3) is 0 Å². The molecule has 170 valence electrons. The van der Waals surface area contributed by atoms with E-state index in [2.05, 4.69) is 34.7 Å². The van der Waals surface area contributed by atoms with Crippen LogP contribution in [0.2, 0.25) is 0 Å². The Morgan fingerprint density at radius 1 is 1.03 bits per heavy atom. The van der Waals surface area contributed by atoms with E-state index in [1.165, 1.54) is 37.7 Å². The topological polar surface area (TPSA) is 64.7 Å². The molecular formula is C26H34N4O2. The normalized spacial score (nSPS) is 17.1. The van der Waals surface area contributed by atoms with Crippen LogP contribution in [0.25, 0.3) is 0 Å². The van der Waals surface area contributed by atoms with Gasteiger partial charge in [-0.25, -0.2) is 0 Å². The molecule has 0 spiro atoms. The molecule has 0 atom stereocenters. The van der Waals surface area contributed by atoms with Crippen LogP contribution in [0.15, 0.2) is 48.5 Å². The molecule has 32 heavy (non-hydrogen) atoms. The van der Waals surface area contributed by atoms with E-state index in [4.69, 9.17) is 0 Å². The molecule has 0 radical (unpaired) electrons. The van der Waals surface area contributed by atoms with Crippen LogP contribution in [0.4, 0.5) is 17.1 Å². The maximum absolute atomic E-state index is 12.5. The van der Waals surface area contributed by atoms with Crippen molar-refractivity contribution in [1.29, 1.82) is 0 Å². The van der Waals surface area contributed by atoms with Gasteiger partial charge in [0, 0.05) is 42.6 Å². The summed E-state index contributed by atoms with van der Waals surface area (Å²) >= 11 is 0. The Labute approximate surface area is 191 Å². The summed E-state index contributed by atoms with van der Waals surface area (Å²) in [7, 11) is 2.21. The summed E-state index contributed by atoms with van der Waals surface area (Å²) in [5.41, 5.74) is 3.85. The molecule has 2 aromatic carbocycles. The summed E-state index contributed by atoms with van der Waals surface area (Å²) in [6.45, 7) is 1.85. The minimum Gasteiger partial charge on any atom is -0.376 e. The van der Waals surface area contributed by atoms with Gasteiger partial charge in [-0.3, -0.25) is 14.5 Å². The van der Waals surface area contributed by atoms with Crippen molar-refractivity contribution in [1.82, 2.24) is 4.90 Å². The molecule has 6 nitrogen and oxygen atoms in total. The van der Waals surface area contributed by atoms with Gasteiger partial charge in [0.15, 0.2) is 0 Å². The monoisotopic (exact) mass is 434 g/mol. The Kier molecular flexibility index (Phi) is 7.43. The second-order valence-corrected chi connectivity index (χ2v) is 8.96. The fourth-order valence-electron chi connectivity index (χ4n) is 4.78. The number of benzene rings is 2. The molecule has 0 aromatic heterocycles. The number of anilines is 3. The highest BCUT2D eigenvalue weighted by molar-refractivity contribution is 5.96. The molecule has 0 bridgehead atoms. The zero-order chi connectivity index (χ0) is 22.3. The fraction of sp³-hybridized carbons (Fsp3) is 0.462. The average molecular weight is 435 g/mol. The fourth-order valence-corrected chi connectivity index (χ4v) is 4.78. The lowest BCUT2D eigenvalue weighted by atomic mass is 9.94. The number of carbonyl (C=O) groups is 2. The highest BCUT2D eigenvalue weighted by Gasteiger charge is 2.21. The third kappa shape index (κ3) is 5.68. The molecule has 1 heterocycles. The Morgan fingerprint density at radius 3 is 2.50 bits per heavy atom. The first-order chi connectivity index (χ1) is 15.6. The Morgan fingerprint density at radius 2 is 1.78 bits per heavy atom. The minimum atomic E-state index is -0.0922. The molecule has 2 aliphatic rings. The van der Waals surface area contributed by atoms with Crippen molar-refractivity contribution in [2.45, 2.75) is 57.5 Å². The van der Waals surface area contributed by atoms with Crippen molar-refractivity contribution in [2.75, 3.05) is 35.7 Å². The summed E-state index contributed by atoms with van der Waals surface area (Å²) in [5, 5.41) is 6.25. The van der Waals surface area contributed by atoms with Crippen LogP contribution in [0.1, 0.15) is 50.5 Å². The van der Waals surface area contributed by atoms with Crippen molar-refractivity contribution < 1.29 is 9.59 Å². The van der Waals surface area contributed by atoms with Gasteiger partial charge in [0.1, 0.15) is 0 Å². The molecule has 0 unspecified atom stereocenters. The highest BCUT2D eigenvalue weighted by Crippen LogP contribution is 2.25. The van der Waals surface area contributed by atoms with E-state index in [9.17, 15) is 9.59 Å². The van der Waals surface area contributed by atoms with Crippen LogP contribution in [0, 0.1) is 0 Å². The SMILES string of the molecule is CN(Cc1ccccc1NCC(=O)Nc1ccc(N2CCCC2=O)cc1)C1CCCCC1. The first kappa shape index (κ1) is 22.3. The van der Waals surface area contributed by atoms with E-state index in [0.29, 0.717) is 12.5 Å². The van der Waals surface area contributed by atoms with Gasteiger partial charge >= 0.3 is 0 Å². The van der Waals surface area contributed by atoms with Crippen LogP contribution < -0.4 is 15.5 Å². The van der Waals surface area contributed by atoms with Gasteiger partial charge < -0.3 is 15.5 Å². The molecule has 1 saturated heterocycles. The van der Waals surface area contributed by atoms with Gasteiger partial charge in [0.05, 0.1) is 6.54 Å². The van der Waals surface area contributed by atoms with Crippen molar-refractivity contribution in [3.8, 4) is 0 Å². The number of para-hydroxylation sites is 1. The Bertz CT molecular complexity index is 922. The number of hydrogen-bond donors (Lipinski definition) is 2. The van der Waals surface area contributed by atoms with Crippen molar-refractivity contribution in [3.05, 3.63) is 54.1 Å². The van der Waals surface area contributed by atoms with Crippen molar-refractivity contribution in [3.63, 3.8) is 0 Å². The molecular weight excluding hydrogens is 400 g/mol. The van der Waals surface area contributed by atoms with Crippen LogP contribution in [-0.4, -0.2) is 42.9 Å². The number of nitrogens with zero attached hydrogens (tertiary/aromatic N) is 2. The van der Waals surface area contributed by atoms with Gasteiger partial charge in [-0.15, -0.1) is 0 Å². The van der Waals surface area contributed by atoms with Crippen LogP contribution in [-0.2, 0) is 16.1 Å². The zero-order valence-electron chi connectivity index (χ0n) is 19.0. The smallest absolute Gasteiger partial charge is 0.243 e. The number of carbonyl (C=O) groups excluding carboxylic acids is 2. The first-order valence-corrected chi connectivity index (χ1v) is 11.8. The lowest BCUT2D eigenvalue weighted by Crippen LogP contribution is -2.33. The standard InChI is InChI=1S/C26H34N4O2/c1-29(22-9-3-2-4-10-22)19-20-8-5-6-11-24(20)27-18-25(31)28-21-13-15-23(16-14-21)30-17-7-12-26(30)32/h5-6,8,11,13-16,22,27H,2-4,7,9-10,12,17-19H2,1H3,(H,28,31). The molecule has 2 fully saturated rings. The molecule has 2 amide bonds. The Hall–Kier alpha value is -2.86. The summed E-state index contributed by atoms with van der Waals surface area (Å²) < 4.78 is 0. The summed E-state index contributed by atoms with van der Waals surface area (Å²) in [6, 6.07) is 16.4. The van der Waals surface area contributed by atoms with Crippen molar-refractivity contribution in [2.24, 2.45) is 0 Å². The van der Waals surface area contributed by atoms with E-state index in [-0.39, 0.29) is 18.4 Å². The quantitative estimate of drug-likeness (QED) is 0.636. The molecule has 2 aromatic rings. The predicted octanol–water partition coefficient (Wildman–Crippen LogP) is 4.63. The zero-order valence-corrected chi connectivity index (χ0v) is 19.0. The lowest BCUT2D eigenvalue weighted by Gasteiger charge is -2.31. The molecule has 6 heteroatoms. The highest BCUT2D eigenvalue weighted by atomic mass is 16.2. The molecule has 1 aliphatic carbocycles. The van der Waals surface area contributed by atoms with Crippen LogP contribution in [0.3, 0.4) is 0 Å². The van der Waals surface area contributed by atoms with Gasteiger partial charge in [-0.1, -0.05) is 37.5 Å². The van der Waals surface area contributed by atoms with E-state index in [1.54, 1.807) is 4.90 Å². The summed E-state index contributed by atoms with van der Waals surface area (Å²) in [5.74, 6) is 0.0734. The number of hydrogen-bond acceptors (Lipinski definition) is 4. The third-order valence-corrected chi connectivity index (χ3v) is 6.61. The maximum atomic E-state index is 12.5. The lowest BCUT2D eigenvalue weighted by molar-refractivity contribution is -0.117. The first-order valence-electron chi connectivity index (χ1n) is 11.8. The third-order valence-electron chi connectivity index (χ3n) is 6.61. The second-order valence-electron chi connectivity index (χ2n) is 8.96. The van der Waals surface area contributed by atoms with Crippen molar-refractivity contribution >= 4 is 28.9 Å². The second kappa shape index (κ2) is 10.6. The molecule has 2 N–H and O–H groups in total. The minimum absolute atomic E-state index is 0.0922. The van der Waals surface area contributed by atoms with Crippen LogP contribution >= 0.6 is 0 Å². The van der Waals surface area contributed by atoms with E-state index in [0.717, 1.165) is 36.6 Å². The number of amides is 2. The molecule has 1 saturated carbocycles. The van der Waals surface area contributed by atoms with Gasteiger partial charge in [-0.2, -0.15) is 0 Å². The van der Waals surface area contributed by atoms with E-state index >= 15 is 0 Å². The Balaban J connectivity index is 1.30. The van der Waals surface area contributed by atoms with E-state index < -0.39 is 0 Å². The predicted molar refractivity (Wildman–Crippen MR) is 130 cm³/mol. The number of rotatable bonds is 8. The number of nitrogens with one attached hydrogen (secondary N) is 2. The van der Waals surface area contributed by atoms with Crippen LogP contribution in [0.5, 0.6) is 0 Å². The summed E-state index contributed by atoms with van der Waals surface area (Å²) in [6.07, 6.45) is 8.08. The average Bonchev–Trinajstić information content (AvgIpc) is 3.25. The van der Waals surface area contributed by atoms with E-state index in [1.807, 2.05) is 36.4 Å². The largest absolute Gasteiger partial charge is 0.376 e. The maximum Gasteiger partial charge on any atom is 0.243 e. The molecule has 1 aliphatic heterocycles. The summed E-state index contributed by atoms with van der Waals surface area (Å²) in [4.78, 5) is 28.6. The van der Waals surface area contributed by atoms with Gasteiger partial charge in [-0.05, 0) is 62.2 Å². The van der Waals surface area contributed by atoms with Gasteiger partial charge in [0.2, 0.25) is 11.8 Å². The molecule has 4 rings (SSSR count).